The molecule has 1 atom stereocenters. The summed E-state index contributed by atoms with van der Waals surface area (Å²) in [7, 11) is 0. The van der Waals surface area contributed by atoms with Crippen molar-refractivity contribution in [2.24, 2.45) is 0 Å². The van der Waals surface area contributed by atoms with Crippen LogP contribution in [0.1, 0.15) is 24.2 Å². The molecule has 6 heteroatoms. The highest BCUT2D eigenvalue weighted by molar-refractivity contribution is 6.51. The Morgan fingerprint density at radius 1 is 1.33 bits per heavy atom. The van der Waals surface area contributed by atoms with Crippen molar-refractivity contribution in [2.75, 3.05) is 36.4 Å². The van der Waals surface area contributed by atoms with Gasteiger partial charge >= 0.3 is 0 Å². The van der Waals surface area contributed by atoms with Gasteiger partial charge in [-0.05, 0) is 25.6 Å². The molecule has 1 aromatic rings. The number of ketones is 1. The molecule has 0 spiro atoms. The van der Waals surface area contributed by atoms with Crippen molar-refractivity contribution in [3.05, 3.63) is 23.5 Å². The number of hydrogen-bond donors (Lipinski definition) is 1. The van der Waals surface area contributed by atoms with Crippen LogP contribution in [0.15, 0.2) is 12.1 Å². The Balaban J connectivity index is 1.89. The van der Waals surface area contributed by atoms with E-state index in [1.54, 1.807) is 6.07 Å². The van der Waals surface area contributed by atoms with Crippen molar-refractivity contribution in [1.29, 1.82) is 0 Å². The third-order valence-corrected chi connectivity index (χ3v) is 4.30. The third-order valence-electron chi connectivity index (χ3n) is 4.30. The maximum Gasteiger partial charge on any atom is 0.296 e. The monoisotopic (exact) mass is 291 g/mol. The summed E-state index contributed by atoms with van der Waals surface area (Å²) in [4.78, 5) is 27.2. The fourth-order valence-corrected chi connectivity index (χ4v) is 3.08. The van der Waals surface area contributed by atoms with Crippen LogP contribution in [0, 0.1) is 5.82 Å². The molecule has 1 saturated heterocycles. The number of anilines is 2. The van der Waals surface area contributed by atoms with Gasteiger partial charge in [0.1, 0.15) is 5.82 Å². The van der Waals surface area contributed by atoms with E-state index in [0.29, 0.717) is 17.4 Å². The Morgan fingerprint density at radius 2 is 2.10 bits per heavy atom. The highest BCUT2D eigenvalue weighted by Crippen LogP contribution is 2.32. The summed E-state index contributed by atoms with van der Waals surface area (Å²) < 4.78 is 14.3. The molecule has 1 aromatic carbocycles. The van der Waals surface area contributed by atoms with Gasteiger partial charge in [0, 0.05) is 25.7 Å². The van der Waals surface area contributed by atoms with E-state index in [4.69, 9.17) is 0 Å². The Kier molecular flexibility index (Phi) is 3.41. The minimum Gasteiger partial charge on any atom is -0.366 e. The van der Waals surface area contributed by atoms with E-state index in [-0.39, 0.29) is 5.56 Å². The van der Waals surface area contributed by atoms with Crippen molar-refractivity contribution in [2.45, 2.75) is 19.9 Å². The average Bonchev–Trinajstić information content (AvgIpc) is 2.73. The first kappa shape index (κ1) is 14.0. The number of halogens is 1. The number of carbonyl (C=O) groups excluding carboxylic acids is 2. The zero-order valence-electron chi connectivity index (χ0n) is 12.1. The molecular weight excluding hydrogens is 273 g/mol. The summed E-state index contributed by atoms with van der Waals surface area (Å²) in [6.45, 7) is 7.54. The van der Waals surface area contributed by atoms with Gasteiger partial charge in [-0.1, -0.05) is 6.92 Å². The van der Waals surface area contributed by atoms with Crippen molar-refractivity contribution in [1.82, 2.24) is 4.90 Å². The summed E-state index contributed by atoms with van der Waals surface area (Å²) in [5.41, 5.74) is 0.986. The topological polar surface area (TPSA) is 52.7 Å². The molecule has 0 radical (unpaired) electrons. The Morgan fingerprint density at radius 3 is 2.76 bits per heavy atom. The van der Waals surface area contributed by atoms with Gasteiger partial charge in [-0.3, -0.25) is 14.5 Å². The second kappa shape index (κ2) is 5.11. The molecule has 1 amide bonds. The molecule has 0 bridgehead atoms. The van der Waals surface area contributed by atoms with E-state index < -0.39 is 17.5 Å². The Bertz CT molecular complexity index is 617. The van der Waals surface area contributed by atoms with Crippen LogP contribution in [0.4, 0.5) is 15.8 Å². The number of piperazine rings is 1. The third kappa shape index (κ3) is 2.29. The summed E-state index contributed by atoms with van der Waals surface area (Å²) in [6, 6.07) is 3.08. The van der Waals surface area contributed by atoms with E-state index in [2.05, 4.69) is 24.1 Å². The summed E-state index contributed by atoms with van der Waals surface area (Å²) >= 11 is 0. The van der Waals surface area contributed by atoms with Gasteiger partial charge in [-0.15, -0.1) is 0 Å². The predicted octanol–water partition coefficient (Wildman–Crippen LogP) is 1.49. The Labute approximate surface area is 122 Å². The second-order valence-electron chi connectivity index (χ2n) is 5.56. The summed E-state index contributed by atoms with van der Waals surface area (Å²) in [6.07, 6.45) is 0. The minimum atomic E-state index is -0.689. The van der Waals surface area contributed by atoms with E-state index in [1.165, 1.54) is 6.07 Å². The lowest BCUT2D eigenvalue weighted by Crippen LogP contribution is -2.52. The molecule has 0 saturated carbocycles. The molecule has 21 heavy (non-hydrogen) atoms. The average molecular weight is 291 g/mol. The van der Waals surface area contributed by atoms with Crippen LogP contribution in [-0.4, -0.2) is 48.8 Å². The van der Waals surface area contributed by atoms with Crippen LogP contribution in [0.3, 0.4) is 0 Å². The molecule has 1 unspecified atom stereocenters. The lowest BCUT2D eigenvalue weighted by Gasteiger charge is -2.40. The number of rotatable bonds is 2. The number of amides is 1. The zero-order valence-corrected chi connectivity index (χ0v) is 12.1. The molecule has 0 aliphatic carbocycles. The first-order valence-corrected chi connectivity index (χ1v) is 7.19. The van der Waals surface area contributed by atoms with Crippen LogP contribution in [-0.2, 0) is 4.79 Å². The molecule has 2 aliphatic rings. The number of likely N-dealkylation sites (N-methyl/N-ethyl adjacent to an activating group) is 1. The first-order valence-electron chi connectivity index (χ1n) is 7.19. The standard InChI is InChI=1S/C15H18FN3O2/c1-3-18-4-5-19(8-9(18)2)13-7-12-10(6-11(13)16)14(20)15(21)17-12/h6-7,9H,3-5,8H2,1-2H3,(H,17,20,21). The lowest BCUT2D eigenvalue weighted by atomic mass is 10.1. The van der Waals surface area contributed by atoms with Crippen molar-refractivity contribution in [3.8, 4) is 0 Å². The molecule has 112 valence electrons. The van der Waals surface area contributed by atoms with Gasteiger partial charge in [0.15, 0.2) is 0 Å². The van der Waals surface area contributed by atoms with Crippen LogP contribution in [0.2, 0.25) is 0 Å². The van der Waals surface area contributed by atoms with Crippen molar-refractivity contribution < 1.29 is 14.0 Å². The van der Waals surface area contributed by atoms with E-state index >= 15 is 0 Å². The molecular formula is C15H18FN3O2. The number of nitrogens with zero attached hydrogens (tertiary/aromatic N) is 2. The summed E-state index contributed by atoms with van der Waals surface area (Å²) in [5, 5.41) is 2.49. The second-order valence-corrected chi connectivity index (χ2v) is 5.56. The van der Waals surface area contributed by atoms with E-state index in [9.17, 15) is 14.0 Å². The zero-order chi connectivity index (χ0) is 15.1. The molecule has 1 fully saturated rings. The quantitative estimate of drug-likeness (QED) is 0.839. The van der Waals surface area contributed by atoms with Crippen LogP contribution in [0.5, 0.6) is 0 Å². The highest BCUT2D eigenvalue weighted by atomic mass is 19.1. The van der Waals surface area contributed by atoms with Crippen molar-refractivity contribution in [3.63, 3.8) is 0 Å². The van der Waals surface area contributed by atoms with Gasteiger partial charge in [-0.2, -0.15) is 0 Å². The number of carbonyl (C=O) groups is 2. The molecule has 0 aromatic heterocycles. The van der Waals surface area contributed by atoms with Gasteiger partial charge in [0.2, 0.25) is 0 Å². The molecule has 1 N–H and O–H groups in total. The van der Waals surface area contributed by atoms with E-state index in [1.807, 2.05) is 4.90 Å². The smallest absolute Gasteiger partial charge is 0.296 e. The molecule has 5 nitrogen and oxygen atoms in total. The fraction of sp³-hybridized carbons (Fsp3) is 0.467. The highest BCUT2D eigenvalue weighted by Gasteiger charge is 2.31. The SMILES string of the molecule is CCN1CCN(c2cc3c(cc2F)C(=O)C(=O)N3)CC1C. The van der Waals surface area contributed by atoms with Gasteiger partial charge in [0.25, 0.3) is 11.7 Å². The van der Waals surface area contributed by atoms with Gasteiger partial charge < -0.3 is 10.2 Å². The molecule has 3 rings (SSSR count). The van der Waals surface area contributed by atoms with Gasteiger partial charge in [-0.25, -0.2) is 4.39 Å². The van der Waals surface area contributed by atoms with Crippen LogP contribution >= 0.6 is 0 Å². The maximum absolute atomic E-state index is 14.3. The molecule has 2 aliphatic heterocycles. The summed E-state index contributed by atoms with van der Waals surface area (Å²) in [5.74, 6) is -1.80. The van der Waals surface area contributed by atoms with Crippen LogP contribution < -0.4 is 10.2 Å². The largest absolute Gasteiger partial charge is 0.366 e. The number of Topliss-reactive ketones (excluding diaryl/α,β-unsaturated/α-hetero) is 1. The lowest BCUT2D eigenvalue weighted by molar-refractivity contribution is -0.112. The van der Waals surface area contributed by atoms with Crippen LogP contribution in [0.25, 0.3) is 0 Å². The normalized spacial score (nSPS) is 22.4. The first-order chi connectivity index (χ1) is 10.0. The molecule has 2 heterocycles. The minimum absolute atomic E-state index is 0.126. The number of benzene rings is 1. The van der Waals surface area contributed by atoms with Crippen molar-refractivity contribution >= 4 is 23.1 Å². The Hall–Kier alpha value is -1.95. The van der Waals surface area contributed by atoms with E-state index in [0.717, 1.165) is 26.2 Å². The maximum atomic E-state index is 14.3. The number of hydrogen-bond acceptors (Lipinski definition) is 4. The predicted molar refractivity (Wildman–Crippen MR) is 78.3 cm³/mol. The fourth-order valence-electron chi connectivity index (χ4n) is 3.08. The van der Waals surface area contributed by atoms with Gasteiger partial charge in [0.05, 0.1) is 16.9 Å². The number of fused-ring (bicyclic) bond motifs is 1. The number of nitrogens with one attached hydrogen (secondary N) is 1.